The number of H-pyrrole nitrogens is 1. The smallest absolute Gasteiger partial charge is 0.142 e. The molecule has 5 nitrogen and oxygen atoms in total. The zero-order valence-electron chi connectivity index (χ0n) is 12.0. The molecule has 1 aromatic heterocycles. The molecule has 0 saturated heterocycles. The van der Waals surface area contributed by atoms with Crippen LogP contribution in [0.3, 0.4) is 0 Å². The average Bonchev–Trinajstić information content (AvgIpc) is 2.77. The molecule has 108 valence electrons. The van der Waals surface area contributed by atoms with E-state index in [2.05, 4.69) is 11.1 Å². The number of carboxylic acid groups (broad SMARTS) is 1. The van der Waals surface area contributed by atoms with Crippen LogP contribution in [-0.2, 0) is 6.42 Å². The first kappa shape index (κ1) is 14.7. The Kier molecular flexibility index (Phi) is 4.29. The van der Waals surface area contributed by atoms with Crippen molar-refractivity contribution in [2.75, 3.05) is 11.4 Å². The largest absolute Gasteiger partial charge is 0.530 e. The molecule has 0 bridgehead atoms. The number of carbonyl (C=O) groups is 1. The van der Waals surface area contributed by atoms with Gasteiger partial charge in [-0.3, -0.25) is 0 Å². The highest BCUT2D eigenvalue weighted by molar-refractivity contribution is 5.85. The number of aryl methyl sites for hydroxylation is 1. The molecule has 0 unspecified atom stereocenters. The highest BCUT2D eigenvalue weighted by Crippen LogP contribution is 2.27. The van der Waals surface area contributed by atoms with Crippen molar-refractivity contribution in [1.82, 2.24) is 4.98 Å². The molecule has 2 rings (SSSR count). The van der Waals surface area contributed by atoms with E-state index in [9.17, 15) is 15.2 Å². The molecule has 1 aromatic carbocycles. The molecule has 0 atom stereocenters. The summed E-state index contributed by atoms with van der Waals surface area (Å²) < 4.78 is 0. The van der Waals surface area contributed by atoms with Crippen molar-refractivity contribution in [3.05, 3.63) is 52.7 Å². The van der Waals surface area contributed by atoms with Gasteiger partial charge in [-0.2, -0.15) is 5.26 Å². The highest BCUT2D eigenvalue weighted by atomic mass is 16.4. The lowest BCUT2D eigenvalue weighted by Gasteiger charge is -2.22. The number of nitriles is 1. The fourth-order valence-corrected chi connectivity index (χ4v) is 2.37. The molecule has 1 heterocycles. The summed E-state index contributed by atoms with van der Waals surface area (Å²) in [6.45, 7) is 3.76. The van der Waals surface area contributed by atoms with E-state index in [1.54, 1.807) is 6.92 Å². The average molecular weight is 282 g/mol. The molecule has 0 fully saturated rings. The summed E-state index contributed by atoms with van der Waals surface area (Å²) >= 11 is 0. The number of nitrogens with one attached hydrogen (secondary N) is 1. The van der Waals surface area contributed by atoms with Crippen LogP contribution in [0.5, 0.6) is 0 Å². The van der Waals surface area contributed by atoms with Gasteiger partial charge < -0.3 is 19.8 Å². The molecule has 0 aliphatic rings. The Balaban J connectivity index is 2.46. The summed E-state index contributed by atoms with van der Waals surface area (Å²) in [5, 5.41) is 20.6. The van der Waals surface area contributed by atoms with Gasteiger partial charge in [-0.15, -0.1) is 0 Å². The number of aromatic amines is 1. The van der Waals surface area contributed by atoms with Gasteiger partial charge in [0.1, 0.15) is 18.0 Å². The number of rotatable bonds is 4. The second kappa shape index (κ2) is 6.14. The van der Waals surface area contributed by atoms with Crippen molar-refractivity contribution in [1.29, 1.82) is 5.26 Å². The van der Waals surface area contributed by atoms with Crippen LogP contribution in [0.1, 0.15) is 29.3 Å². The van der Waals surface area contributed by atoms with E-state index < -0.39 is 6.09 Å². The Morgan fingerprint density at radius 1 is 1.38 bits per heavy atom. The zero-order chi connectivity index (χ0) is 15.4. The second-order valence-corrected chi connectivity index (χ2v) is 4.74. The van der Waals surface area contributed by atoms with Gasteiger partial charge in [0.2, 0.25) is 0 Å². The molecule has 1 N–H and O–H groups in total. The van der Waals surface area contributed by atoms with E-state index in [1.165, 1.54) is 0 Å². The fourth-order valence-electron chi connectivity index (χ4n) is 2.37. The minimum absolute atomic E-state index is 0.224. The Hall–Kier alpha value is -2.74. The maximum Gasteiger partial charge on any atom is 0.142 e. The number of carbonyl (C=O) groups excluding carboxylic acids is 1. The van der Waals surface area contributed by atoms with E-state index in [0.717, 1.165) is 21.7 Å². The maximum atomic E-state index is 11.2. The quantitative estimate of drug-likeness (QED) is 0.930. The van der Waals surface area contributed by atoms with Crippen molar-refractivity contribution in [2.45, 2.75) is 20.3 Å². The van der Waals surface area contributed by atoms with Crippen molar-refractivity contribution in [3.63, 3.8) is 0 Å². The molecule has 21 heavy (non-hydrogen) atoms. The minimum Gasteiger partial charge on any atom is -0.530 e. The molecular weight excluding hydrogens is 266 g/mol. The minimum atomic E-state index is -1.32. The first-order valence-electron chi connectivity index (χ1n) is 6.72. The van der Waals surface area contributed by atoms with Crippen molar-refractivity contribution in [3.8, 4) is 6.07 Å². The standard InChI is InChI=1S/C16H17N3O2/c1-3-19(16(20)21)15-14(10-17)13(11(2)18-15)9-12-7-5-4-6-8-12/h4-8,18H,3,9H2,1-2H3,(H,20,21)/p-1. The maximum absolute atomic E-state index is 11.2. The molecular formula is C16H16N3O2-. The number of aromatic nitrogens is 1. The van der Waals surface area contributed by atoms with Gasteiger partial charge in [-0.05, 0) is 25.0 Å². The van der Waals surface area contributed by atoms with E-state index in [1.807, 2.05) is 37.3 Å². The molecule has 0 aliphatic heterocycles. The molecule has 5 heteroatoms. The number of nitrogens with zero attached hydrogens (tertiary/aromatic N) is 2. The summed E-state index contributed by atoms with van der Waals surface area (Å²) in [5.41, 5.74) is 3.05. The predicted octanol–water partition coefficient (Wildman–Crippen LogP) is 1.96. The monoisotopic (exact) mass is 282 g/mol. The van der Waals surface area contributed by atoms with Crippen LogP contribution in [0.4, 0.5) is 10.6 Å². The SMILES string of the molecule is CCN(C(=O)[O-])c1[nH]c(C)c(Cc2ccccc2)c1C#N. The lowest BCUT2D eigenvalue weighted by atomic mass is 10.0. The molecule has 0 radical (unpaired) electrons. The van der Waals surface area contributed by atoms with E-state index in [-0.39, 0.29) is 6.54 Å². The van der Waals surface area contributed by atoms with E-state index >= 15 is 0 Å². The normalized spacial score (nSPS) is 10.1. The van der Waals surface area contributed by atoms with Crippen LogP contribution in [0.15, 0.2) is 30.3 Å². The molecule has 0 spiro atoms. The van der Waals surface area contributed by atoms with Gasteiger partial charge in [0.05, 0.1) is 5.56 Å². The molecule has 0 saturated carbocycles. The van der Waals surface area contributed by atoms with Gasteiger partial charge in [0, 0.05) is 18.7 Å². The van der Waals surface area contributed by atoms with Crippen molar-refractivity contribution in [2.24, 2.45) is 0 Å². The van der Waals surface area contributed by atoms with Crippen LogP contribution in [0.2, 0.25) is 0 Å². The third-order valence-corrected chi connectivity index (χ3v) is 3.44. The van der Waals surface area contributed by atoms with Crippen LogP contribution < -0.4 is 10.0 Å². The first-order valence-corrected chi connectivity index (χ1v) is 6.72. The highest BCUT2D eigenvalue weighted by Gasteiger charge is 2.19. The first-order chi connectivity index (χ1) is 10.1. The molecule has 2 aromatic rings. The van der Waals surface area contributed by atoms with Gasteiger partial charge in [0.15, 0.2) is 0 Å². The summed E-state index contributed by atoms with van der Waals surface area (Å²) in [6.07, 6.45) is -0.738. The van der Waals surface area contributed by atoms with Crippen LogP contribution in [-0.4, -0.2) is 17.6 Å². The van der Waals surface area contributed by atoms with Gasteiger partial charge in [-0.1, -0.05) is 30.3 Å². The fraction of sp³-hybridized carbons (Fsp3) is 0.250. The Labute approximate surface area is 123 Å². The Morgan fingerprint density at radius 3 is 2.57 bits per heavy atom. The van der Waals surface area contributed by atoms with Gasteiger partial charge in [-0.25, -0.2) is 0 Å². The Morgan fingerprint density at radius 2 is 2.05 bits per heavy atom. The number of benzene rings is 1. The third-order valence-electron chi connectivity index (χ3n) is 3.44. The number of anilines is 1. The van der Waals surface area contributed by atoms with Gasteiger partial charge in [0.25, 0.3) is 0 Å². The zero-order valence-corrected chi connectivity index (χ0v) is 12.0. The van der Waals surface area contributed by atoms with E-state index in [4.69, 9.17) is 0 Å². The van der Waals surface area contributed by atoms with Crippen LogP contribution in [0, 0.1) is 18.3 Å². The number of hydrogen-bond acceptors (Lipinski definition) is 3. The summed E-state index contributed by atoms with van der Waals surface area (Å²) in [5.74, 6) is 0.295. The number of hydrogen-bond donors (Lipinski definition) is 1. The summed E-state index contributed by atoms with van der Waals surface area (Å²) in [7, 11) is 0. The number of amides is 1. The van der Waals surface area contributed by atoms with Crippen LogP contribution >= 0.6 is 0 Å². The Bertz CT molecular complexity index is 684. The summed E-state index contributed by atoms with van der Waals surface area (Å²) in [4.78, 5) is 15.2. The lowest BCUT2D eigenvalue weighted by Crippen LogP contribution is -2.41. The summed E-state index contributed by atoms with van der Waals surface area (Å²) in [6, 6.07) is 11.9. The van der Waals surface area contributed by atoms with Crippen molar-refractivity contribution >= 4 is 11.9 Å². The lowest BCUT2D eigenvalue weighted by molar-refractivity contribution is -0.246. The predicted molar refractivity (Wildman–Crippen MR) is 77.9 cm³/mol. The third kappa shape index (κ3) is 2.90. The second-order valence-electron chi connectivity index (χ2n) is 4.74. The van der Waals surface area contributed by atoms with Gasteiger partial charge >= 0.3 is 0 Å². The topological polar surface area (TPSA) is 83.0 Å². The van der Waals surface area contributed by atoms with E-state index in [0.29, 0.717) is 17.8 Å². The molecule has 1 amide bonds. The van der Waals surface area contributed by atoms with Crippen LogP contribution in [0.25, 0.3) is 0 Å². The molecule has 0 aliphatic carbocycles. The van der Waals surface area contributed by atoms with Crippen molar-refractivity contribution < 1.29 is 9.90 Å².